The van der Waals surface area contributed by atoms with E-state index in [0.29, 0.717) is 25.7 Å². The van der Waals surface area contributed by atoms with E-state index in [1.807, 2.05) is 41.3 Å². The van der Waals surface area contributed by atoms with Gasteiger partial charge in [0.25, 0.3) is 0 Å². The van der Waals surface area contributed by atoms with Crippen LogP contribution in [0.3, 0.4) is 0 Å². The number of aryl methyl sites for hydroxylation is 2. The van der Waals surface area contributed by atoms with Crippen LogP contribution in [0.25, 0.3) is 22.3 Å². The number of aromatic nitrogens is 8. The van der Waals surface area contributed by atoms with Crippen LogP contribution in [0.4, 0.5) is 0 Å². The van der Waals surface area contributed by atoms with E-state index in [4.69, 9.17) is 28.3 Å². The molecule has 0 amide bonds. The summed E-state index contributed by atoms with van der Waals surface area (Å²) in [4.78, 5) is 24.5. The lowest BCUT2D eigenvalue weighted by Gasteiger charge is -1.96. The highest BCUT2D eigenvalue weighted by atomic mass is 127. The lowest BCUT2D eigenvalue weighted by atomic mass is 10.4. The zero-order valence-electron chi connectivity index (χ0n) is 14.9. The van der Waals surface area contributed by atoms with Gasteiger partial charge in [-0.25, -0.2) is 29.9 Å². The van der Waals surface area contributed by atoms with Crippen molar-refractivity contribution >= 4 is 68.1 Å². The smallest absolute Gasteiger partial charge is 0.208 e. The van der Waals surface area contributed by atoms with Gasteiger partial charge in [0.1, 0.15) is 17.1 Å². The van der Waals surface area contributed by atoms with Crippen LogP contribution < -0.4 is 0 Å². The van der Waals surface area contributed by atoms with Gasteiger partial charge in [0, 0.05) is 36.7 Å². The van der Waals surface area contributed by atoms with Crippen molar-refractivity contribution in [3.8, 4) is 11.8 Å². The van der Waals surface area contributed by atoms with Gasteiger partial charge in [0.15, 0.2) is 25.4 Å². The van der Waals surface area contributed by atoms with Crippen molar-refractivity contribution < 1.29 is 5.11 Å². The van der Waals surface area contributed by atoms with Gasteiger partial charge in [-0.05, 0) is 12.8 Å². The molecule has 0 spiro atoms. The van der Waals surface area contributed by atoms with Gasteiger partial charge in [-0.3, -0.25) is 0 Å². The zero-order chi connectivity index (χ0) is 20.4. The Bertz CT molecular complexity index is 1220. The summed E-state index contributed by atoms with van der Waals surface area (Å²) in [7, 11) is 3.68. The van der Waals surface area contributed by atoms with Crippen LogP contribution in [-0.2, 0) is 14.1 Å². The van der Waals surface area contributed by atoms with Crippen LogP contribution >= 0.6 is 45.8 Å². The second-order valence-electron chi connectivity index (χ2n) is 5.62. The molecule has 9 nitrogen and oxygen atoms in total. The van der Waals surface area contributed by atoms with Gasteiger partial charge >= 0.3 is 0 Å². The highest BCUT2D eigenvalue weighted by Gasteiger charge is 2.09. The zero-order valence-corrected chi connectivity index (χ0v) is 18.6. The molecule has 0 radical (unpaired) electrons. The summed E-state index contributed by atoms with van der Waals surface area (Å²) in [5.41, 5.74) is 2.58. The van der Waals surface area contributed by atoms with Crippen molar-refractivity contribution in [1.82, 2.24) is 39.0 Å². The number of aliphatic hydroxyl groups excluding tert-OH is 1. The van der Waals surface area contributed by atoms with E-state index in [2.05, 4.69) is 41.7 Å². The number of aliphatic hydroxyl groups is 1. The van der Waals surface area contributed by atoms with Gasteiger partial charge in [0.2, 0.25) is 5.82 Å². The Hall–Kier alpha value is -2.07. The number of fused-ring (bicyclic) bond motifs is 2. The molecule has 0 aliphatic heterocycles. The summed E-state index contributed by atoms with van der Waals surface area (Å²) in [6, 6.07) is 0. The minimum atomic E-state index is -0.718. The number of halogens is 3. The summed E-state index contributed by atoms with van der Waals surface area (Å²) in [6.07, 6.45) is 2.56. The topological polar surface area (TPSA) is 107 Å². The maximum atomic E-state index is 9.03. The van der Waals surface area contributed by atoms with Crippen molar-refractivity contribution in [2.75, 3.05) is 0 Å². The fourth-order valence-corrected chi connectivity index (χ4v) is 3.18. The molecule has 12 heteroatoms. The molecule has 0 bridgehead atoms. The molecule has 0 saturated heterocycles. The largest absolute Gasteiger partial charge is 0.381 e. The Balaban J connectivity index is 0.000000167. The summed E-state index contributed by atoms with van der Waals surface area (Å²) in [5, 5.41) is 9.70. The van der Waals surface area contributed by atoms with E-state index in [9.17, 15) is 0 Å². The van der Waals surface area contributed by atoms with Crippen molar-refractivity contribution in [3.63, 3.8) is 0 Å². The first-order valence-corrected chi connectivity index (χ1v) is 9.64. The van der Waals surface area contributed by atoms with Crippen LogP contribution in [0.15, 0.2) is 12.7 Å². The molecule has 4 rings (SSSR count). The molecule has 1 N–H and O–H groups in total. The fraction of sp³-hybridized carbons (Fsp3) is 0.250. The second-order valence-corrected chi connectivity index (χ2v) is 7.30. The first-order valence-electron chi connectivity index (χ1n) is 7.80. The van der Waals surface area contributed by atoms with Crippen molar-refractivity contribution in [1.29, 1.82) is 0 Å². The third-order valence-electron chi connectivity index (χ3n) is 3.40. The molecule has 1 unspecified atom stereocenters. The number of hydrogen-bond acceptors (Lipinski definition) is 7. The number of nitrogens with zero attached hydrogens (tertiary/aromatic N) is 8. The molecule has 0 aliphatic carbocycles. The van der Waals surface area contributed by atoms with E-state index in [1.54, 1.807) is 24.1 Å². The van der Waals surface area contributed by atoms with E-state index < -0.39 is 6.10 Å². The molecular formula is C16H13Cl2IN8O. The lowest BCUT2D eigenvalue weighted by Crippen LogP contribution is -1.97. The molecule has 0 saturated carbocycles. The maximum Gasteiger partial charge on any atom is 0.208 e. The Kier molecular flexibility index (Phi) is 6.29. The average Bonchev–Trinajstić information content (AvgIpc) is 3.18. The molecule has 0 aromatic carbocycles. The van der Waals surface area contributed by atoms with E-state index in [0.717, 1.165) is 5.65 Å². The van der Waals surface area contributed by atoms with Gasteiger partial charge in [-0.15, -0.1) is 0 Å². The summed E-state index contributed by atoms with van der Waals surface area (Å²) in [6.45, 7) is 1.57. The monoisotopic (exact) mass is 530 g/mol. The normalized spacial score (nSPS) is 11.7. The SMILES string of the molecule is CC(O)C#Cc1nc(Cl)c2ncn(C)c2n1.Cn1cnc2c(Cl)nc(I)nc21. The third-order valence-corrected chi connectivity index (χ3v) is 4.41. The van der Waals surface area contributed by atoms with E-state index >= 15 is 0 Å². The summed E-state index contributed by atoms with van der Waals surface area (Å²) in [5.74, 6) is 5.48. The highest BCUT2D eigenvalue weighted by Crippen LogP contribution is 2.18. The van der Waals surface area contributed by atoms with Crippen LogP contribution in [0.1, 0.15) is 12.7 Å². The third kappa shape index (κ3) is 4.49. The Morgan fingerprint density at radius 1 is 0.964 bits per heavy atom. The van der Waals surface area contributed by atoms with Crippen molar-refractivity contribution in [3.05, 3.63) is 32.6 Å². The van der Waals surface area contributed by atoms with Crippen molar-refractivity contribution in [2.45, 2.75) is 13.0 Å². The van der Waals surface area contributed by atoms with E-state index in [1.165, 1.54) is 0 Å². The number of hydrogen-bond donors (Lipinski definition) is 1. The Morgan fingerprint density at radius 3 is 2.07 bits per heavy atom. The van der Waals surface area contributed by atoms with Gasteiger partial charge < -0.3 is 14.2 Å². The van der Waals surface area contributed by atoms with Crippen LogP contribution in [0.5, 0.6) is 0 Å². The van der Waals surface area contributed by atoms with Gasteiger partial charge in [0.05, 0.1) is 12.7 Å². The molecule has 4 aromatic rings. The van der Waals surface area contributed by atoms with Crippen molar-refractivity contribution in [2.24, 2.45) is 14.1 Å². The quantitative estimate of drug-likeness (QED) is 0.161. The molecule has 0 aliphatic rings. The molecule has 28 heavy (non-hydrogen) atoms. The first kappa shape index (κ1) is 20.7. The van der Waals surface area contributed by atoms with Gasteiger partial charge in [-0.2, -0.15) is 0 Å². The standard InChI is InChI=1S/C10H9ClN4O.C6H4ClIN4/c1-6(16)3-4-7-13-9(11)8-10(14-7)15(2)5-12-8;1-12-2-9-3-4(7)10-6(8)11-5(3)12/h5-6,16H,1-2H3;2H,1H3. The fourth-order valence-electron chi connectivity index (χ4n) is 2.14. The maximum absolute atomic E-state index is 9.03. The molecule has 0 fully saturated rings. The Morgan fingerprint density at radius 2 is 1.50 bits per heavy atom. The summed E-state index contributed by atoms with van der Waals surface area (Å²) < 4.78 is 4.18. The molecule has 4 aromatic heterocycles. The minimum Gasteiger partial charge on any atom is -0.381 e. The first-order chi connectivity index (χ1) is 13.3. The van der Waals surface area contributed by atoms with Gasteiger partial charge in [-0.1, -0.05) is 29.1 Å². The van der Waals surface area contributed by atoms with Crippen LogP contribution in [0, 0.1) is 15.7 Å². The van der Waals surface area contributed by atoms with E-state index in [-0.39, 0.29) is 11.0 Å². The number of imidazole rings is 2. The molecule has 144 valence electrons. The van der Waals surface area contributed by atoms with Crippen LogP contribution in [0.2, 0.25) is 10.3 Å². The molecule has 1 atom stereocenters. The highest BCUT2D eigenvalue weighted by molar-refractivity contribution is 14.1. The summed E-state index contributed by atoms with van der Waals surface area (Å²) >= 11 is 13.8. The lowest BCUT2D eigenvalue weighted by molar-refractivity contribution is 0.253. The number of rotatable bonds is 0. The Labute approximate surface area is 183 Å². The predicted octanol–water partition coefficient (Wildman–Crippen LogP) is 2.37. The molecule has 4 heterocycles. The van der Waals surface area contributed by atoms with Crippen LogP contribution in [-0.4, -0.2) is 50.2 Å². The minimum absolute atomic E-state index is 0.264. The predicted molar refractivity (Wildman–Crippen MR) is 114 cm³/mol. The molecular weight excluding hydrogens is 518 g/mol. The second kappa shape index (κ2) is 8.52. The average molecular weight is 531 g/mol.